The van der Waals surface area contributed by atoms with E-state index in [4.69, 9.17) is 4.74 Å². The second kappa shape index (κ2) is 8.03. The van der Waals surface area contributed by atoms with E-state index in [0.29, 0.717) is 12.2 Å². The molecule has 0 aliphatic carbocycles. The van der Waals surface area contributed by atoms with Crippen LogP contribution in [0.3, 0.4) is 0 Å². The number of methoxy groups -OCH3 is 1. The lowest BCUT2D eigenvalue weighted by atomic mass is 9.92. The van der Waals surface area contributed by atoms with Crippen LogP contribution < -0.4 is 10.1 Å². The third kappa shape index (κ3) is 3.79. The second-order valence-corrected chi connectivity index (χ2v) is 7.71. The van der Waals surface area contributed by atoms with Crippen molar-refractivity contribution in [1.29, 1.82) is 0 Å². The first-order valence-electron chi connectivity index (χ1n) is 9.90. The molecule has 1 saturated heterocycles. The van der Waals surface area contributed by atoms with E-state index in [1.807, 2.05) is 66.7 Å². The number of hydrogen-bond acceptors (Lipinski definition) is 3. The Labute approximate surface area is 176 Å². The van der Waals surface area contributed by atoms with Gasteiger partial charge >= 0.3 is 6.03 Å². The maximum absolute atomic E-state index is 13.1. The molecule has 30 heavy (non-hydrogen) atoms. The summed E-state index contributed by atoms with van der Waals surface area (Å²) in [6.45, 7) is 2.00. The Balaban J connectivity index is 1.50. The van der Waals surface area contributed by atoms with Gasteiger partial charge in [-0.2, -0.15) is 0 Å². The highest BCUT2D eigenvalue weighted by Crippen LogP contribution is 2.28. The highest BCUT2D eigenvalue weighted by molar-refractivity contribution is 6.06. The van der Waals surface area contributed by atoms with Crippen molar-refractivity contribution in [2.24, 2.45) is 0 Å². The zero-order chi connectivity index (χ0) is 21.1. The quantitative estimate of drug-likeness (QED) is 0.624. The normalized spacial score (nSPS) is 18.4. The van der Waals surface area contributed by atoms with Crippen LogP contribution >= 0.6 is 0 Å². The lowest BCUT2D eigenvalue weighted by Gasteiger charge is -2.23. The molecule has 152 valence electrons. The summed E-state index contributed by atoms with van der Waals surface area (Å²) in [4.78, 5) is 27.0. The van der Waals surface area contributed by atoms with Crippen LogP contribution in [0.1, 0.15) is 18.1 Å². The smallest absolute Gasteiger partial charge is 0.325 e. The van der Waals surface area contributed by atoms with Crippen LogP contribution in [0.5, 0.6) is 5.75 Å². The van der Waals surface area contributed by atoms with Crippen molar-refractivity contribution >= 4 is 11.9 Å². The predicted molar refractivity (Wildman–Crippen MR) is 116 cm³/mol. The van der Waals surface area contributed by atoms with Gasteiger partial charge in [-0.05, 0) is 35.2 Å². The van der Waals surface area contributed by atoms with Gasteiger partial charge in [-0.3, -0.25) is 9.69 Å². The SMILES string of the molecule is COc1ccccc1C[C@]1(C)NC(=O)N(Cc2ccc(-c3ccccc3)cc2)C1=O. The fourth-order valence-electron chi connectivity index (χ4n) is 3.86. The molecule has 1 fully saturated rings. The van der Waals surface area contributed by atoms with E-state index in [1.165, 1.54) is 4.90 Å². The second-order valence-electron chi connectivity index (χ2n) is 7.71. The van der Waals surface area contributed by atoms with Crippen LogP contribution in [0, 0.1) is 0 Å². The Morgan fingerprint density at radius 1 is 0.867 bits per heavy atom. The van der Waals surface area contributed by atoms with Gasteiger partial charge in [-0.25, -0.2) is 4.79 Å². The molecule has 1 N–H and O–H groups in total. The summed E-state index contributed by atoms with van der Waals surface area (Å²) in [6.07, 6.45) is 0.366. The molecule has 1 aliphatic rings. The van der Waals surface area contributed by atoms with E-state index < -0.39 is 5.54 Å². The van der Waals surface area contributed by atoms with Crippen molar-refractivity contribution in [3.8, 4) is 16.9 Å². The van der Waals surface area contributed by atoms with Crippen LogP contribution in [0.25, 0.3) is 11.1 Å². The van der Waals surface area contributed by atoms with Gasteiger partial charge in [0.1, 0.15) is 11.3 Å². The van der Waals surface area contributed by atoms with Gasteiger partial charge in [0.2, 0.25) is 0 Å². The maximum atomic E-state index is 13.1. The number of urea groups is 1. The number of nitrogens with zero attached hydrogens (tertiary/aromatic N) is 1. The van der Waals surface area contributed by atoms with Crippen LogP contribution in [-0.4, -0.2) is 29.5 Å². The molecule has 0 aromatic heterocycles. The van der Waals surface area contributed by atoms with E-state index in [2.05, 4.69) is 17.4 Å². The van der Waals surface area contributed by atoms with Gasteiger partial charge < -0.3 is 10.1 Å². The molecular weight excluding hydrogens is 376 g/mol. The number of rotatable bonds is 6. The molecule has 0 radical (unpaired) electrons. The van der Waals surface area contributed by atoms with Crippen molar-refractivity contribution < 1.29 is 14.3 Å². The predicted octanol–water partition coefficient (Wildman–Crippen LogP) is 4.42. The number of amides is 3. The highest BCUT2D eigenvalue weighted by atomic mass is 16.5. The zero-order valence-corrected chi connectivity index (χ0v) is 17.1. The first kappa shape index (κ1) is 19.7. The standard InChI is InChI=1S/C25H24N2O3/c1-25(16-21-10-6-7-11-22(21)30-2)23(28)27(24(29)26-25)17-18-12-14-20(15-13-18)19-8-4-3-5-9-19/h3-15H,16-17H2,1-2H3,(H,26,29)/t25-/m0/s1. The number of carbonyl (C=O) groups is 2. The number of carbonyl (C=O) groups excluding carboxylic acids is 2. The van der Waals surface area contributed by atoms with Gasteiger partial charge in [0.15, 0.2) is 0 Å². The van der Waals surface area contributed by atoms with Gasteiger partial charge in [0, 0.05) is 6.42 Å². The van der Waals surface area contributed by atoms with Crippen LogP contribution in [-0.2, 0) is 17.8 Å². The summed E-state index contributed by atoms with van der Waals surface area (Å²) >= 11 is 0. The molecule has 0 bridgehead atoms. The average molecular weight is 400 g/mol. The molecule has 5 nitrogen and oxygen atoms in total. The van der Waals surface area contributed by atoms with E-state index in [1.54, 1.807) is 14.0 Å². The minimum Gasteiger partial charge on any atom is -0.496 e. The van der Waals surface area contributed by atoms with E-state index >= 15 is 0 Å². The molecular formula is C25H24N2O3. The summed E-state index contributed by atoms with van der Waals surface area (Å²) in [5.74, 6) is 0.473. The van der Waals surface area contributed by atoms with Crippen molar-refractivity contribution in [1.82, 2.24) is 10.2 Å². The molecule has 5 heteroatoms. The summed E-state index contributed by atoms with van der Waals surface area (Å²) in [5, 5.41) is 2.87. The molecule has 1 heterocycles. The Morgan fingerprint density at radius 2 is 1.50 bits per heavy atom. The molecule has 0 unspecified atom stereocenters. The molecule has 0 spiro atoms. The summed E-state index contributed by atoms with van der Waals surface area (Å²) in [6, 6.07) is 25.2. The molecule has 3 aromatic carbocycles. The van der Waals surface area contributed by atoms with E-state index in [-0.39, 0.29) is 18.5 Å². The molecule has 3 aromatic rings. The first-order valence-corrected chi connectivity index (χ1v) is 9.90. The zero-order valence-electron chi connectivity index (χ0n) is 17.1. The Hall–Kier alpha value is -3.60. The average Bonchev–Trinajstić information content (AvgIpc) is 2.98. The van der Waals surface area contributed by atoms with E-state index in [0.717, 1.165) is 22.3 Å². The number of nitrogens with one attached hydrogen (secondary N) is 1. The Bertz CT molecular complexity index is 1060. The fourth-order valence-corrected chi connectivity index (χ4v) is 3.86. The third-order valence-corrected chi connectivity index (χ3v) is 5.48. The fraction of sp³-hybridized carbons (Fsp3) is 0.200. The lowest BCUT2D eigenvalue weighted by molar-refractivity contribution is -0.131. The largest absolute Gasteiger partial charge is 0.496 e. The molecule has 3 amide bonds. The van der Waals surface area contributed by atoms with Crippen molar-refractivity contribution in [3.05, 3.63) is 90.0 Å². The summed E-state index contributed by atoms with van der Waals surface area (Å²) in [5.41, 5.74) is 3.00. The number of para-hydroxylation sites is 1. The molecule has 1 atom stereocenters. The van der Waals surface area contributed by atoms with Gasteiger partial charge in [0.25, 0.3) is 5.91 Å². The van der Waals surface area contributed by atoms with Crippen LogP contribution in [0.15, 0.2) is 78.9 Å². The minimum absolute atomic E-state index is 0.231. The van der Waals surface area contributed by atoms with Gasteiger partial charge in [0.05, 0.1) is 13.7 Å². The summed E-state index contributed by atoms with van der Waals surface area (Å²) in [7, 11) is 1.60. The van der Waals surface area contributed by atoms with Crippen LogP contribution in [0.4, 0.5) is 4.79 Å². The van der Waals surface area contributed by atoms with Gasteiger partial charge in [-0.15, -0.1) is 0 Å². The van der Waals surface area contributed by atoms with Crippen molar-refractivity contribution in [2.45, 2.75) is 25.4 Å². The number of imide groups is 1. The Kier molecular flexibility index (Phi) is 5.27. The number of benzene rings is 3. The highest BCUT2D eigenvalue weighted by Gasteiger charge is 2.47. The molecule has 1 aliphatic heterocycles. The lowest BCUT2D eigenvalue weighted by Crippen LogP contribution is -2.46. The van der Waals surface area contributed by atoms with Gasteiger partial charge in [-0.1, -0.05) is 72.8 Å². The van der Waals surface area contributed by atoms with E-state index in [9.17, 15) is 9.59 Å². The molecule has 4 rings (SSSR count). The Morgan fingerprint density at radius 3 is 2.20 bits per heavy atom. The minimum atomic E-state index is -1.00. The van der Waals surface area contributed by atoms with Crippen LogP contribution in [0.2, 0.25) is 0 Å². The number of hydrogen-bond donors (Lipinski definition) is 1. The summed E-state index contributed by atoms with van der Waals surface area (Å²) < 4.78 is 5.40. The topological polar surface area (TPSA) is 58.6 Å². The maximum Gasteiger partial charge on any atom is 0.325 e. The monoisotopic (exact) mass is 400 g/mol. The first-order chi connectivity index (χ1) is 14.5. The number of ether oxygens (including phenoxy) is 1. The molecule has 0 saturated carbocycles. The van der Waals surface area contributed by atoms with Crippen molar-refractivity contribution in [2.75, 3.05) is 7.11 Å². The van der Waals surface area contributed by atoms with Crippen molar-refractivity contribution in [3.63, 3.8) is 0 Å². The third-order valence-electron chi connectivity index (χ3n) is 5.48.